The molecular weight excluding hydrogens is 340 g/mol. The zero-order valence-electron chi connectivity index (χ0n) is 11.3. The van der Waals surface area contributed by atoms with E-state index in [2.05, 4.69) is 15.9 Å². The van der Waals surface area contributed by atoms with Gasteiger partial charge in [-0.05, 0) is 46.3 Å². The monoisotopic (exact) mass is 358 g/mol. The number of benzene rings is 1. The maximum Gasteiger partial charge on any atom is 0.222 e. The van der Waals surface area contributed by atoms with Gasteiger partial charge in [0.05, 0.1) is 13.2 Å². The summed E-state index contributed by atoms with van der Waals surface area (Å²) in [6.45, 7) is 2.79. The number of hydrogen-bond donors (Lipinski definition) is 1. The summed E-state index contributed by atoms with van der Waals surface area (Å²) >= 11 is 5.25. The molecule has 0 saturated carbocycles. The summed E-state index contributed by atoms with van der Waals surface area (Å²) in [4.78, 5) is 15.0. The Bertz CT molecular complexity index is 464. The van der Waals surface area contributed by atoms with Gasteiger partial charge in [0.25, 0.3) is 0 Å². The van der Waals surface area contributed by atoms with Gasteiger partial charge < -0.3 is 15.4 Å². The Kier molecular flexibility index (Phi) is 6.19. The number of carbonyl (C=O) groups excluding carboxylic acids is 1. The van der Waals surface area contributed by atoms with Gasteiger partial charge >= 0.3 is 0 Å². The SMILES string of the molecule is Nc1ccc(SCCCC(=O)N2CCOCC2)c(Br)c1. The lowest BCUT2D eigenvalue weighted by atomic mass is 10.3. The fourth-order valence-corrected chi connectivity index (χ4v) is 3.62. The van der Waals surface area contributed by atoms with Crippen LogP contribution in [0.5, 0.6) is 0 Å². The number of nitrogens with zero attached hydrogens (tertiary/aromatic N) is 1. The molecular formula is C14H19BrN2O2S. The molecule has 6 heteroatoms. The van der Waals surface area contributed by atoms with Crippen LogP contribution in [0.3, 0.4) is 0 Å². The molecule has 1 aliphatic rings. The molecule has 1 amide bonds. The Morgan fingerprint density at radius 3 is 2.85 bits per heavy atom. The molecule has 4 nitrogen and oxygen atoms in total. The summed E-state index contributed by atoms with van der Waals surface area (Å²) in [7, 11) is 0. The first-order valence-corrected chi connectivity index (χ1v) is 8.48. The highest BCUT2D eigenvalue weighted by atomic mass is 79.9. The summed E-state index contributed by atoms with van der Waals surface area (Å²) < 4.78 is 6.26. The summed E-state index contributed by atoms with van der Waals surface area (Å²) in [6, 6.07) is 5.81. The molecule has 0 radical (unpaired) electrons. The first kappa shape index (κ1) is 15.7. The van der Waals surface area contributed by atoms with Gasteiger partial charge in [-0.25, -0.2) is 0 Å². The van der Waals surface area contributed by atoms with Crippen molar-refractivity contribution in [2.75, 3.05) is 37.8 Å². The van der Waals surface area contributed by atoms with Crippen molar-refractivity contribution in [2.24, 2.45) is 0 Å². The van der Waals surface area contributed by atoms with Crippen molar-refractivity contribution in [1.29, 1.82) is 0 Å². The molecule has 0 unspecified atom stereocenters. The fraction of sp³-hybridized carbons (Fsp3) is 0.500. The van der Waals surface area contributed by atoms with Crippen LogP contribution in [-0.4, -0.2) is 42.9 Å². The normalized spacial score (nSPS) is 15.3. The Balaban J connectivity index is 1.69. The van der Waals surface area contributed by atoms with Gasteiger partial charge in [-0.2, -0.15) is 0 Å². The maximum absolute atomic E-state index is 12.0. The number of hydrogen-bond acceptors (Lipinski definition) is 4. The second kappa shape index (κ2) is 7.90. The number of morpholine rings is 1. The molecule has 1 heterocycles. The Morgan fingerprint density at radius 2 is 2.15 bits per heavy atom. The van der Waals surface area contributed by atoms with E-state index in [1.54, 1.807) is 11.8 Å². The lowest BCUT2D eigenvalue weighted by Crippen LogP contribution is -2.40. The third-order valence-corrected chi connectivity index (χ3v) is 5.19. The van der Waals surface area contributed by atoms with Gasteiger partial charge in [-0.15, -0.1) is 11.8 Å². The van der Waals surface area contributed by atoms with Crippen LogP contribution in [0, 0.1) is 0 Å². The van der Waals surface area contributed by atoms with Crippen LogP contribution in [0.4, 0.5) is 5.69 Å². The number of amides is 1. The van der Waals surface area contributed by atoms with Gasteiger partial charge in [-0.3, -0.25) is 4.79 Å². The first-order valence-electron chi connectivity index (χ1n) is 6.70. The zero-order valence-corrected chi connectivity index (χ0v) is 13.7. The molecule has 110 valence electrons. The van der Waals surface area contributed by atoms with Crippen LogP contribution in [0.15, 0.2) is 27.6 Å². The highest BCUT2D eigenvalue weighted by Gasteiger charge is 2.16. The van der Waals surface area contributed by atoms with Crippen molar-refractivity contribution < 1.29 is 9.53 Å². The van der Waals surface area contributed by atoms with E-state index in [9.17, 15) is 4.79 Å². The Labute approximate surface area is 132 Å². The molecule has 0 bridgehead atoms. The van der Waals surface area contributed by atoms with Gasteiger partial charge in [-0.1, -0.05) is 0 Å². The largest absolute Gasteiger partial charge is 0.399 e. The lowest BCUT2D eigenvalue weighted by Gasteiger charge is -2.26. The van der Waals surface area contributed by atoms with Crippen molar-refractivity contribution in [3.05, 3.63) is 22.7 Å². The van der Waals surface area contributed by atoms with Crippen LogP contribution in [-0.2, 0) is 9.53 Å². The lowest BCUT2D eigenvalue weighted by molar-refractivity contribution is -0.135. The number of rotatable bonds is 5. The van der Waals surface area contributed by atoms with Crippen molar-refractivity contribution in [2.45, 2.75) is 17.7 Å². The average Bonchev–Trinajstić information content (AvgIpc) is 2.46. The summed E-state index contributed by atoms with van der Waals surface area (Å²) in [5.41, 5.74) is 6.46. The minimum atomic E-state index is 0.241. The van der Waals surface area contributed by atoms with Crippen LogP contribution in [0.1, 0.15) is 12.8 Å². The molecule has 2 N–H and O–H groups in total. The van der Waals surface area contributed by atoms with Crippen LogP contribution in [0.25, 0.3) is 0 Å². The second-order valence-corrected chi connectivity index (χ2v) is 6.63. The van der Waals surface area contributed by atoms with Crippen LogP contribution >= 0.6 is 27.7 Å². The van der Waals surface area contributed by atoms with E-state index >= 15 is 0 Å². The van der Waals surface area contributed by atoms with Crippen LogP contribution < -0.4 is 5.73 Å². The average molecular weight is 359 g/mol. The third kappa shape index (κ3) is 4.68. The van der Waals surface area contributed by atoms with Crippen molar-refractivity contribution in [3.63, 3.8) is 0 Å². The standard InChI is InChI=1S/C14H19BrN2O2S/c15-12-10-11(16)3-4-13(12)20-9-1-2-14(18)17-5-7-19-8-6-17/h3-4,10H,1-2,5-9,16H2. The molecule has 0 aliphatic carbocycles. The number of nitrogens with two attached hydrogens (primary N) is 1. The Hall–Kier alpha value is -0.720. The van der Waals surface area contributed by atoms with Crippen molar-refractivity contribution in [1.82, 2.24) is 4.90 Å². The number of thioether (sulfide) groups is 1. The summed E-state index contributed by atoms with van der Waals surface area (Å²) in [6.07, 6.45) is 1.50. The molecule has 0 aromatic heterocycles. The molecule has 1 fully saturated rings. The number of ether oxygens (including phenoxy) is 1. The van der Waals surface area contributed by atoms with E-state index in [1.807, 2.05) is 23.1 Å². The fourth-order valence-electron chi connectivity index (χ4n) is 2.01. The smallest absolute Gasteiger partial charge is 0.222 e. The molecule has 1 aromatic rings. The molecule has 1 saturated heterocycles. The van der Waals surface area contributed by atoms with Crippen molar-refractivity contribution in [3.8, 4) is 0 Å². The number of carbonyl (C=O) groups is 1. The van der Waals surface area contributed by atoms with Gasteiger partial charge in [0, 0.05) is 34.6 Å². The molecule has 0 atom stereocenters. The second-order valence-electron chi connectivity index (χ2n) is 4.64. The van der Waals surface area contributed by atoms with Crippen molar-refractivity contribution >= 4 is 39.3 Å². The molecule has 2 rings (SSSR count). The first-order chi connectivity index (χ1) is 9.66. The van der Waals surface area contributed by atoms with E-state index in [0.29, 0.717) is 19.6 Å². The van der Waals surface area contributed by atoms with E-state index in [1.165, 1.54) is 0 Å². The highest BCUT2D eigenvalue weighted by molar-refractivity contribution is 9.10. The van der Waals surface area contributed by atoms with E-state index in [0.717, 1.165) is 40.3 Å². The quantitative estimate of drug-likeness (QED) is 0.499. The number of anilines is 1. The molecule has 20 heavy (non-hydrogen) atoms. The van der Waals surface area contributed by atoms with E-state index in [4.69, 9.17) is 10.5 Å². The summed E-state index contributed by atoms with van der Waals surface area (Å²) in [5, 5.41) is 0. The van der Waals surface area contributed by atoms with Gasteiger partial charge in [0.2, 0.25) is 5.91 Å². The minimum absolute atomic E-state index is 0.241. The molecule has 1 aromatic carbocycles. The maximum atomic E-state index is 12.0. The summed E-state index contributed by atoms with van der Waals surface area (Å²) in [5.74, 6) is 1.17. The number of nitrogen functional groups attached to an aromatic ring is 1. The third-order valence-electron chi connectivity index (χ3n) is 3.11. The molecule has 1 aliphatic heterocycles. The van der Waals surface area contributed by atoms with Gasteiger partial charge in [0.15, 0.2) is 0 Å². The van der Waals surface area contributed by atoms with Gasteiger partial charge in [0.1, 0.15) is 0 Å². The minimum Gasteiger partial charge on any atom is -0.399 e. The predicted octanol–water partition coefficient (Wildman–Crippen LogP) is 2.76. The highest BCUT2D eigenvalue weighted by Crippen LogP contribution is 2.29. The Morgan fingerprint density at radius 1 is 1.40 bits per heavy atom. The predicted molar refractivity (Wildman–Crippen MR) is 85.9 cm³/mol. The number of halogens is 1. The van der Waals surface area contributed by atoms with E-state index in [-0.39, 0.29) is 5.91 Å². The van der Waals surface area contributed by atoms with E-state index < -0.39 is 0 Å². The topological polar surface area (TPSA) is 55.6 Å². The molecule has 0 spiro atoms. The van der Waals surface area contributed by atoms with Crippen LogP contribution in [0.2, 0.25) is 0 Å². The zero-order chi connectivity index (χ0) is 14.4.